The fourth-order valence-electron chi connectivity index (χ4n) is 1.90. The molecule has 0 amide bonds. The van der Waals surface area contributed by atoms with Crippen molar-refractivity contribution in [1.29, 1.82) is 0 Å². The first-order valence-corrected chi connectivity index (χ1v) is 7.29. The van der Waals surface area contributed by atoms with Crippen molar-refractivity contribution in [1.82, 2.24) is 19.6 Å². The summed E-state index contributed by atoms with van der Waals surface area (Å²) < 4.78 is 1.77. The quantitative estimate of drug-likeness (QED) is 0.471. The highest BCUT2D eigenvalue weighted by Gasteiger charge is 2.17. The zero-order chi connectivity index (χ0) is 15.7. The van der Waals surface area contributed by atoms with Crippen LogP contribution in [-0.4, -0.2) is 19.6 Å². The van der Waals surface area contributed by atoms with Gasteiger partial charge in [-0.3, -0.25) is 0 Å². The smallest absolute Gasteiger partial charge is 0.155 e. The normalized spacial score (nSPS) is 11.3. The molecule has 0 aliphatic carbocycles. The molecule has 0 bridgehead atoms. The van der Waals surface area contributed by atoms with Crippen LogP contribution < -0.4 is 0 Å². The van der Waals surface area contributed by atoms with Gasteiger partial charge < -0.3 is 0 Å². The van der Waals surface area contributed by atoms with Crippen molar-refractivity contribution in [2.24, 2.45) is 0 Å². The molecule has 3 aromatic heterocycles. The van der Waals surface area contributed by atoms with Crippen molar-refractivity contribution in [3.05, 3.63) is 58.8 Å². The maximum Gasteiger partial charge on any atom is 0.155 e. The molecule has 4 nitrogen and oxygen atoms in total. The van der Waals surface area contributed by atoms with Crippen LogP contribution in [0.25, 0.3) is 5.65 Å². The molecular formula is C17H15ClN4. The molecule has 0 unspecified atom stereocenters. The summed E-state index contributed by atoms with van der Waals surface area (Å²) in [5.41, 5.74) is 3.43. The van der Waals surface area contributed by atoms with Crippen molar-refractivity contribution in [2.75, 3.05) is 0 Å². The van der Waals surface area contributed by atoms with E-state index >= 15 is 0 Å². The van der Waals surface area contributed by atoms with Gasteiger partial charge >= 0.3 is 0 Å². The van der Waals surface area contributed by atoms with Crippen LogP contribution in [0.5, 0.6) is 0 Å². The minimum atomic E-state index is -0.00544. The van der Waals surface area contributed by atoms with Crippen LogP contribution >= 0.6 is 11.6 Å². The van der Waals surface area contributed by atoms with E-state index in [0.717, 1.165) is 22.5 Å². The molecule has 0 aliphatic rings. The van der Waals surface area contributed by atoms with Gasteiger partial charge in [-0.2, -0.15) is 5.10 Å². The lowest BCUT2D eigenvalue weighted by atomic mass is 9.93. The second-order valence-corrected chi connectivity index (χ2v) is 6.43. The topological polar surface area (TPSA) is 43.1 Å². The third-order valence-corrected chi connectivity index (χ3v) is 3.38. The lowest BCUT2D eigenvalue weighted by Gasteiger charge is -2.13. The van der Waals surface area contributed by atoms with Crippen LogP contribution in [0.1, 0.15) is 37.6 Å². The second kappa shape index (κ2) is 5.43. The Hall–Kier alpha value is -2.38. The summed E-state index contributed by atoms with van der Waals surface area (Å²) in [6, 6.07) is 5.55. The molecular weight excluding hydrogens is 296 g/mol. The highest BCUT2D eigenvalue weighted by Crippen LogP contribution is 2.21. The molecule has 0 aromatic carbocycles. The Labute approximate surface area is 134 Å². The Morgan fingerprint density at radius 1 is 1.05 bits per heavy atom. The maximum absolute atomic E-state index is 5.75. The number of pyridine rings is 1. The fourth-order valence-corrected chi connectivity index (χ4v) is 2.01. The van der Waals surface area contributed by atoms with Crippen molar-refractivity contribution >= 4 is 17.2 Å². The summed E-state index contributed by atoms with van der Waals surface area (Å²) in [6.07, 6.45) is 5.28. The SMILES string of the molecule is CC(C)(C)c1cc2ncc(C#Cc3ccc(Cl)nc3)cn2n1. The largest absolute Gasteiger partial charge is 0.243 e. The van der Waals surface area contributed by atoms with Gasteiger partial charge in [-0.05, 0) is 12.1 Å². The number of hydrogen-bond donors (Lipinski definition) is 0. The van der Waals surface area contributed by atoms with Crippen molar-refractivity contribution in [3.63, 3.8) is 0 Å². The molecule has 0 fully saturated rings. The van der Waals surface area contributed by atoms with E-state index in [1.165, 1.54) is 0 Å². The predicted octanol–water partition coefficient (Wildman–Crippen LogP) is 3.48. The molecule has 0 radical (unpaired) electrons. The fraction of sp³-hybridized carbons (Fsp3) is 0.235. The predicted molar refractivity (Wildman–Crippen MR) is 86.9 cm³/mol. The maximum atomic E-state index is 5.75. The Balaban J connectivity index is 1.94. The summed E-state index contributed by atoms with van der Waals surface area (Å²) in [4.78, 5) is 8.40. The average Bonchev–Trinajstić information content (AvgIpc) is 2.90. The lowest BCUT2D eigenvalue weighted by Crippen LogP contribution is -2.11. The summed E-state index contributed by atoms with van der Waals surface area (Å²) in [6.45, 7) is 6.38. The number of nitrogens with zero attached hydrogens (tertiary/aromatic N) is 4. The van der Waals surface area contributed by atoms with Gasteiger partial charge in [0.25, 0.3) is 0 Å². The Bertz CT molecular complexity index is 877. The van der Waals surface area contributed by atoms with Crippen LogP contribution in [0.2, 0.25) is 5.15 Å². The first kappa shape index (κ1) is 14.6. The number of aromatic nitrogens is 4. The molecule has 3 aromatic rings. The van der Waals surface area contributed by atoms with Crippen LogP contribution in [0.3, 0.4) is 0 Å². The van der Waals surface area contributed by atoms with E-state index in [2.05, 4.69) is 47.7 Å². The third kappa shape index (κ3) is 3.10. The third-order valence-electron chi connectivity index (χ3n) is 3.16. The van der Waals surface area contributed by atoms with Crippen LogP contribution in [0.15, 0.2) is 36.8 Å². The monoisotopic (exact) mass is 310 g/mol. The standard InChI is InChI=1S/C17H15ClN4/c1-17(2,3)14-8-16-20-10-13(11-22(16)21-14)5-4-12-6-7-15(18)19-9-12/h6-11H,1-3H3. The molecule has 0 saturated carbocycles. The molecule has 3 heterocycles. The summed E-state index contributed by atoms with van der Waals surface area (Å²) in [5, 5.41) is 5.03. The van der Waals surface area contributed by atoms with Crippen LogP contribution in [0, 0.1) is 11.8 Å². The van der Waals surface area contributed by atoms with Gasteiger partial charge in [0.05, 0.1) is 11.3 Å². The van der Waals surface area contributed by atoms with E-state index in [1.54, 1.807) is 23.0 Å². The Kier molecular flexibility index (Phi) is 3.59. The van der Waals surface area contributed by atoms with E-state index in [4.69, 9.17) is 11.6 Å². The Morgan fingerprint density at radius 3 is 2.45 bits per heavy atom. The summed E-state index contributed by atoms with van der Waals surface area (Å²) in [7, 11) is 0. The molecule has 3 rings (SSSR count). The van der Waals surface area contributed by atoms with E-state index < -0.39 is 0 Å². The van der Waals surface area contributed by atoms with Crippen LogP contribution in [-0.2, 0) is 5.41 Å². The van der Waals surface area contributed by atoms with Crippen molar-refractivity contribution < 1.29 is 0 Å². The molecule has 22 heavy (non-hydrogen) atoms. The van der Waals surface area contributed by atoms with E-state index in [-0.39, 0.29) is 5.41 Å². The van der Waals surface area contributed by atoms with Crippen molar-refractivity contribution in [2.45, 2.75) is 26.2 Å². The lowest BCUT2D eigenvalue weighted by molar-refractivity contribution is 0.562. The summed E-state index contributed by atoms with van der Waals surface area (Å²) >= 11 is 5.75. The number of hydrogen-bond acceptors (Lipinski definition) is 3. The van der Waals surface area contributed by atoms with Gasteiger partial charge in [0, 0.05) is 35.6 Å². The molecule has 0 saturated heterocycles. The van der Waals surface area contributed by atoms with Gasteiger partial charge in [-0.1, -0.05) is 44.2 Å². The van der Waals surface area contributed by atoms with Crippen LogP contribution in [0.4, 0.5) is 0 Å². The first-order chi connectivity index (χ1) is 10.4. The van der Waals surface area contributed by atoms with Gasteiger partial charge in [-0.25, -0.2) is 14.5 Å². The van der Waals surface area contributed by atoms with Gasteiger partial charge in [-0.15, -0.1) is 0 Å². The van der Waals surface area contributed by atoms with Gasteiger partial charge in [0.1, 0.15) is 5.15 Å². The number of rotatable bonds is 0. The Morgan fingerprint density at radius 2 is 1.77 bits per heavy atom. The van der Waals surface area contributed by atoms with Crippen molar-refractivity contribution in [3.8, 4) is 11.8 Å². The van der Waals surface area contributed by atoms with Gasteiger partial charge in [0.2, 0.25) is 0 Å². The first-order valence-electron chi connectivity index (χ1n) is 6.91. The zero-order valence-electron chi connectivity index (χ0n) is 12.6. The highest BCUT2D eigenvalue weighted by molar-refractivity contribution is 6.29. The van der Waals surface area contributed by atoms with E-state index in [0.29, 0.717) is 5.15 Å². The molecule has 110 valence electrons. The van der Waals surface area contributed by atoms with E-state index in [1.807, 2.05) is 18.3 Å². The molecule has 0 aliphatic heterocycles. The molecule has 5 heteroatoms. The highest BCUT2D eigenvalue weighted by atomic mass is 35.5. The minimum Gasteiger partial charge on any atom is -0.243 e. The van der Waals surface area contributed by atoms with Gasteiger partial charge in [0.15, 0.2) is 5.65 Å². The minimum absolute atomic E-state index is 0.00544. The molecule has 0 N–H and O–H groups in total. The molecule has 0 spiro atoms. The summed E-state index contributed by atoms with van der Waals surface area (Å²) in [5.74, 6) is 6.10. The number of fused-ring (bicyclic) bond motifs is 1. The second-order valence-electron chi connectivity index (χ2n) is 6.04. The average molecular weight is 311 g/mol. The molecule has 0 atom stereocenters. The number of halogens is 1. The van der Waals surface area contributed by atoms with E-state index in [9.17, 15) is 0 Å². The zero-order valence-corrected chi connectivity index (χ0v) is 13.4.